The summed E-state index contributed by atoms with van der Waals surface area (Å²) >= 11 is 0. The molecule has 0 amide bonds. The zero-order valence-corrected chi connectivity index (χ0v) is 12.0. The van der Waals surface area contributed by atoms with Crippen molar-refractivity contribution < 1.29 is 23.3 Å². The van der Waals surface area contributed by atoms with E-state index in [1.54, 1.807) is 19.2 Å². The van der Waals surface area contributed by atoms with E-state index in [1.807, 2.05) is 0 Å². The first-order valence-corrected chi connectivity index (χ1v) is 6.49. The van der Waals surface area contributed by atoms with Crippen LogP contribution in [0.1, 0.15) is 0 Å². The van der Waals surface area contributed by atoms with E-state index in [1.165, 1.54) is 13.2 Å². The number of ether oxygens (including phenoxy) is 4. The molecular weight excluding hydrogens is 265 g/mol. The van der Waals surface area contributed by atoms with E-state index in [0.29, 0.717) is 45.3 Å². The van der Waals surface area contributed by atoms with Crippen molar-refractivity contribution in [3.05, 3.63) is 24.0 Å². The molecule has 0 unspecified atom stereocenters. The third-order valence-electron chi connectivity index (χ3n) is 2.53. The first-order chi connectivity index (χ1) is 9.77. The summed E-state index contributed by atoms with van der Waals surface area (Å²) in [6, 6.07) is 4.74. The fourth-order valence-corrected chi connectivity index (χ4v) is 1.51. The summed E-state index contributed by atoms with van der Waals surface area (Å²) in [6.45, 7) is 3.36. The summed E-state index contributed by atoms with van der Waals surface area (Å²) in [6.07, 6.45) is 0. The molecule has 0 atom stereocenters. The molecule has 0 bridgehead atoms. The molecular formula is C14H22FNO4. The normalized spacial score (nSPS) is 10.6. The van der Waals surface area contributed by atoms with Crippen LogP contribution < -0.4 is 10.1 Å². The molecule has 0 aliphatic heterocycles. The van der Waals surface area contributed by atoms with Gasteiger partial charge in [-0.15, -0.1) is 0 Å². The van der Waals surface area contributed by atoms with Crippen LogP contribution in [0.2, 0.25) is 0 Å². The van der Waals surface area contributed by atoms with Crippen molar-refractivity contribution in [2.45, 2.75) is 0 Å². The second-order valence-electron chi connectivity index (χ2n) is 3.99. The molecule has 1 rings (SSSR count). The molecule has 0 fully saturated rings. The van der Waals surface area contributed by atoms with Crippen molar-refractivity contribution in [3.8, 4) is 5.75 Å². The third-order valence-corrected chi connectivity index (χ3v) is 2.53. The second kappa shape index (κ2) is 10.4. The number of hydrogen-bond donors (Lipinski definition) is 1. The van der Waals surface area contributed by atoms with E-state index in [9.17, 15) is 4.39 Å². The molecule has 5 nitrogen and oxygen atoms in total. The summed E-state index contributed by atoms with van der Waals surface area (Å²) in [5.74, 6) is -0.148. The Labute approximate surface area is 119 Å². The fraction of sp³-hybridized carbons (Fsp3) is 0.571. The number of benzene rings is 1. The smallest absolute Gasteiger partial charge is 0.167 e. The third kappa shape index (κ3) is 6.70. The van der Waals surface area contributed by atoms with Crippen molar-refractivity contribution in [2.24, 2.45) is 0 Å². The summed E-state index contributed by atoms with van der Waals surface area (Å²) in [5.41, 5.74) is 0.697. The monoisotopic (exact) mass is 287 g/mol. The van der Waals surface area contributed by atoms with Gasteiger partial charge in [0.1, 0.15) is 0 Å². The molecule has 0 aliphatic rings. The Balaban J connectivity index is 2.05. The van der Waals surface area contributed by atoms with Crippen LogP contribution in [0.15, 0.2) is 18.2 Å². The highest BCUT2D eigenvalue weighted by molar-refractivity contribution is 5.47. The second-order valence-corrected chi connectivity index (χ2v) is 3.99. The van der Waals surface area contributed by atoms with Gasteiger partial charge < -0.3 is 24.3 Å². The predicted octanol–water partition coefficient (Wildman–Crippen LogP) is 1.93. The highest BCUT2D eigenvalue weighted by Gasteiger charge is 2.02. The molecule has 114 valence electrons. The molecule has 6 heteroatoms. The van der Waals surface area contributed by atoms with Gasteiger partial charge in [0, 0.05) is 25.4 Å². The van der Waals surface area contributed by atoms with Crippen LogP contribution in [-0.4, -0.2) is 53.8 Å². The van der Waals surface area contributed by atoms with Crippen molar-refractivity contribution in [2.75, 3.05) is 59.1 Å². The molecule has 0 heterocycles. The molecule has 1 N–H and O–H groups in total. The summed E-state index contributed by atoms with van der Waals surface area (Å²) < 4.78 is 33.7. The van der Waals surface area contributed by atoms with Gasteiger partial charge in [-0.05, 0) is 12.1 Å². The molecule has 0 radical (unpaired) electrons. The Morgan fingerprint density at radius 3 is 2.35 bits per heavy atom. The Bertz CT molecular complexity index is 376. The van der Waals surface area contributed by atoms with Crippen LogP contribution in [0.5, 0.6) is 5.75 Å². The average Bonchev–Trinajstić information content (AvgIpc) is 2.46. The Morgan fingerprint density at radius 2 is 1.70 bits per heavy atom. The SMILES string of the molecule is COCCOCCOCCNc1ccc(OC)c(F)c1. The minimum absolute atomic E-state index is 0.236. The van der Waals surface area contributed by atoms with Crippen LogP contribution >= 0.6 is 0 Å². The number of halogens is 1. The van der Waals surface area contributed by atoms with Crippen LogP contribution in [0, 0.1) is 5.82 Å². The van der Waals surface area contributed by atoms with E-state index in [0.717, 1.165) is 0 Å². The molecule has 0 spiro atoms. The lowest BCUT2D eigenvalue weighted by molar-refractivity contribution is 0.0272. The maximum atomic E-state index is 13.4. The van der Waals surface area contributed by atoms with Crippen LogP contribution in [0.25, 0.3) is 0 Å². The standard InChI is InChI=1S/C14H22FNO4/c1-17-7-8-20-10-9-19-6-5-16-12-3-4-14(18-2)13(15)11-12/h3-4,11,16H,5-10H2,1-2H3. The molecule has 20 heavy (non-hydrogen) atoms. The zero-order valence-electron chi connectivity index (χ0n) is 12.0. The fourth-order valence-electron chi connectivity index (χ4n) is 1.51. The van der Waals surface area contributed by atoms with Crippen molar-refractivity contribution in [1.29, 1.82) is 0 Å². The molecule has 0 aliphatic carbocycles. The van der Waals surface area contributed by atoms with Gasteiger partial charge in [0.05, 0.1) is 40.1 Å². The van der Waals surface area contributed by atoms with E-state index in [2.05, 4.69) is 5.32 Å². The minimum Gasteiger partial charge on any atom is -0.494 e. The first kappa shape index (κ1) is 16.7. The van der Waals surface area contributed by atoms with Gasteiger partial charge in [-0.2, -0.15) is 0 Å². The minimum atomic E-state index is -0.384. The van der Waals surface area contributed by atoms with Gasteiger partial charge in [0.15, 0.2) is 11.6 Å². The van der Waals surface area contributed by atoms with Crippen molar-refractivity contribution in [1.82, 2.24) is 0 Å². The molecule has 0 aromatic heterocycles. The average molecular weight is 287 g/mol. The van der Waals surface area contributed by atoms with Gasteiger partial charge in [0.2, 0.25) is 0 Å². The quantitative estimate of drug-likeness (QED) is 0.630. The lowest BCUT2D eigenvalue weighted by Crippen LogP contribution is -2.13. The van der Waals surface area contributed by atoms with Gasteiger partial charge in [-0.1, -0.05) is 0 Å². The Morgan fingerprint density at radius 1 is 1.00 bits per heavy atom. The highest BCUT2D eigenvalue weighted by atomic mass is 19.1. The van der Waals surface area contributed by atoms with Crippen LogP contribution in [0.4, 0.5) is 10.1 Å². The summed E-state index contributed by atoms with van der Waals surface area (Å²) in [5, 5.41) is 3.07. The number of anilines is 1. The van der Waals surface area contributed by atoms with Gasteiger partial charge in [-0.3, -0.25) is 0 Å². The Kier molecular flexibility index (Phi) is 8.69. The van der Waals surface area contributed by atoms with Crippen molar-refractivity contribution >= 4 is 5.69 Å². The lowest BCUT2D eigenvalue weighted by atomic mass is 10.3. The topological polar surface area (TPSA) is 49.0 Å². The number of hydrogen-bond acceptors (Lipinski definition) is 5. The maximum absolute atomic E-state index is 13.4. The van der Waals surface area contributed by atoms with Crippen molar-refractivity contribution in [3.63, 3.8) is 0 Å². The molecule has 1 aromatic rings. The zero-order chi connectivity index (χ0) is 14.6. The first-order valence-electron chi connectivity index (χ1n) is 6.49. The molecule has 0 saturated heterocycles. The number of nitrogens with one attached hydrogen (secondary N) is 1. The Hall–Kier alpha value is -1.37. The van der Waals surface area contributed by atoms with Crippen LogP contribution in [-0.2, 0) is 14.2 Å². The maximum Gasteiger partial charge on any atom is 0.167 e. The number of rotatable bonds is 11. The summed E-state index contributed by atoms with van der Waals surface area (Å²) in [7, 11) is 3.07. The van der Waals surface area contributed by atoms with Crippen LogP contribution in [0.3, 0.4) is 0 Å². The lowest BCUT2D eigenvalue weighted by Gasteiger charge is -2.09. The van der Waals surface area contributed by atoms with Gasteiger partial charge in [-0.25, -0.2) is 4.39 Å². The van der Waals surface area contributed by atoms with E-state index in [-0.39, 0.29) is 11.6 Å². The largest absolute Gasteiger partial charge is 0.494 e. The van der Waals surface area contributed by atoms with Gasteiger partial charge >= 0.3 is 0 Å². The predicted molar refractivity (Wildman–Crippen MR) is 75.0 cm³/mol. The van der Waals surface area contributed by atoms with E-state index >= 15 is 0 Å². The molecule has 0 saturated carbocycles. The van der Waals surface area contributed by atoms with E-state index < -0.39 is 0 Å². The highest BCUT2D eigenvalue weighted by Crippen LogP contribution is 2.20. The van der Waals surface area contributed by atoms with E-state index in [4.69, 9.17) is 18.9 Å². The summed E-state index contributed by atoms with van der Waals surface area (Å²) in [4.78, 5) is 0. The molecule has 1 aromatic carbocycles. The number of methoxy groups -OCH3 is 2. The van der Waals surface area contributed by atoms with Gasteiger partial charge in [0.25, 0.3) is 0 Å².